The second-order valence-electron chi connectivity index (χ2n) is 6.41. The number of rotatable bonds is 1. The molecule has 1 spiro atoms. The van der Waals surface area contributed by atoms with Crippen molar-refractivity contribution in [1.29, 1.82) is 0 Å². The summed E-state index contributed by atoms with van der Waals surface area (Å²) in [6.45, 7) is 2.43. The lowest BCUT2D eigenvalue weighted by molar-refractivity contribution is 0.175. The predicted octanol–water partition coefficient (Wildman–Crippen LogP) is 4.55. The van der Waals surface area contributed by atoms with Gasteiger partial charge in [0.15, 0.2) is 0 Å². The zero-order valence-corrected chi connectivity index (χ0v) is 10.9. The van der Waals surface area contributed by atoms with Crippen LogP contribution in [0.25, 0.3) is 0 Å². The summed E-state index contributed by atoms with van der Waals surface area (Å²) in [5, 5.41) is 0. The van der Waals surface area contributed by atoms with Gasteiger partial charge in [-0.3, -0.25) is 4.98 Å². The summed E-state index contributed by atoms with van der Waals surface area (Å²) in [6, 6.07) is 4.34. The summed E-state index contributed by atoms with van der Waals surface area (Å²) in [5.74, 6) is 1.76. The molecule has 17 heavy (non-hydrogen) atoms. The third-order valence-corrected chi connectivity index (χ3v) is 5.15. The lowest BCUT2D eigenvalue weighted by atomic mass is 9.68. The maximum absolute atomic E-state index is 4.26. The first-order chi connectivity index (χ1) is 8.27. The van der Waals surface area contributed by atoms with Crippen molar-refractivity contribution >= 4 is 0 Å². The highest BCUT2D eigenvalue weighted by Crippen LogP contribution is 2.53. The highest BCUT2D eigenvalue weighted by atomic mass is 14.6. The molecule has 1 atom stereocenters. The van der Waals surface area contributed by atoms with Crippen molar-refractivity contribution in [3.63, 3.8) is 0 Å². The third-order valence-electron chi connectivity index (χ3n) is 5.15. The standard InChI is InChI=1S/C16H23N/c1-13-4-7-16(11-13)8-5-14(6-9-16)15-3-2-10-17-12-15/h2-3,10,12-14H,4-9,11H2,1H3. The molecule has 1 heterocycles. The van der Waals surface area contributed by atoms with Crippen LogP contribution in [0.15, 0.2) is 24.5 Å². The van der Waals surface area contributed by atoms with Gasteiger partial charge in [0.05, 0.1) is 0 Å². The number of nitrogens with zero attached hydrogens (tertiary/aromatic N) is 1. The Hall–Kier alpha value is -0.850. The molecule has 1 heteroatoms. The van der Waals surface area contributed by atoms with E-state index in [1.54, 1.807) is 0 Å². The third kappa shape index (κ3) is 2.25. The molecule has 0 saturated heterocycles. The highest BCUT2D eigenvalue weighted by molar-refractivity contribution is 5.16. The fourth-order valence-electron chi connectivity index (χ4n) is 4.13. The largest absolute Gasteiger partial charge is 0.264 e. The number of hydrogen-bond donors (Lipinski definition) is 0. The molecule has 2 aliphatic carbocycles. The van der Waals surface area contributed by atoms with Crippen LogP contribution in [0, 0.1) is 11.3 Å². The van der Waals surface area contributed by atoms with Gasteiger partial charge in [-0.15, -0.1) is 0 Å². The van der Waals surface area contributed by atoms with E-state index in [1.807, 2.05) is 6.20 Å². The first kappa shape index (κ1) is 11.3. The molecule has 2 fully saturated rings. The molecule has 2 aliphatic rings. The minimum absolute atomic E-state index is 0.734. The molecule has 3 rings (SSSR count). The smallest absolute Gasteiger partial charge is 0.0302 e. The highest BCUT2D eigenvalue weighted by Gasteiger charge is 2.40. The zero-order valence-electron chi connectivity index (χ0n) is 10.9. The topological polar surface area (TPSA) is 12.9 Å². The second-order valence-corrected chi connectivity index (χ2v) is 6.41. The molecule has 1 aromatic heterocycles. The Balaban J connectivity index is 1.65. The Kier molecular flexibility index (Phi) is 2.94. The minimum atomic E-state index is 0.734. The molecule has 0 aliphatic heterocycles. The molecule has 0 amide bonds. The normalized spacial score (nSPS) is 37.5. The number of hydrogen-bond acceptors (Lipinski definition) is 1. The van der Waals surface area contributed by atoms with Gasteiger partial charge in [-0.1, -0.05) is 19.4 Å². The Bertz CT molecular complexity index is 362. The first-order valence-electron chi connectivity index (χ1n) is 7.17. The first-order valence-corrected chi connectivity index (χ1v) is 7.17. The molecule has 0 aromatic carbocycles. The van der Waals surface area contributed by atoms with Gasteiger partial charge >= 0.3 is 0 Å². The van der Waals surface area contributed by atoms with Crippen LogP contribution in [-0.2, 0) is 0 Å². The van der Waals surface area contributed by atoms with Crippen molar-refractivity contribution < 1.29 is 0 Å². The molecule has 1 nitrogen and oxygen atoms in total. The Morgan fingerprint density at radius 3 is 2.53 bits per heavy atom. The van der Waals surface area contributed by atoms with Gasteiger partial charge in [-0.25, -0.2) is 0 Å². The second kappa shape index (κ2) is 4.44. The van der Waals surface area contributed by atoms with Crippen LogP contribution in [0.2, 0.25) is 0 Å². The maximum Gasteiger partial charge on any atom is 0.0302 e. The molecule has 0 N–H and O–H groups in total. The maximum atomic E-state index is 4.26. The van der Waals surface area contributed by atoms with E-state index < -0.39 is 0 Å². The molecule has 92 valence electrons. The molecule has 2 saturated carbocycles. The van der Waals surface area contributed by atoms with Gasteiger partial charge in [-0.05, 0) is 67.4 Å². The molecule has 1 unspecified atom stereocenters. The van der Waals surface area contributed by atoms with E-state index in [1.165, 1.54) is 50.5 Å². The van der Waals surface area contributed by atoms with Crippen molar-refractivity contribution in [2.24, 2.45) is 11.3 Å². The van der Waals surface area contributed by atoms with Crippen molar-refractivity contribution in [2.75, 3.05) is 0 Å². The van der Waals surface area contributed by atoms with Crippen LogP contribution >= 0.6 is 0 Å². The van der Waals surface area contributed by atoms with Gasteiger partial charge in [0.25, 0.3) is 0 Å². The van der Waals surface area contributed by atoms with E-state index in [2.05, 4.69) is 30.2 Å². The van der Waals surface area contributed by atoms with Crippen LogP contribution in [0.5, 0.6) is 0 Å². The summed E-state index contributed by atoms with van der Waals surface area (Å²) in [5.41, 5.74) is 2.20. The summed E-state index contributed by atoms with van der Waals surface area (Å²) < 4.78 is 0. The average molecular weight is 229 g/mol. The number of aromatic nitrogens is 1. The van der Waals surface area contributed by atoms with Crippen LogP contribution in [-0.4, -0.2) is 4.98 Å². The van der Waals surface area contributed by atoms with Gasteiger partial charge in [0.1, 0.15) is 0 Å². The summed E-state index contributed by atoms with van der Waals surface area (Å²) in [7, 11) is 0. The van der Waals surface area contributed by atoms with Crippen molar-refractivity contribution in [3.05, 3.63) is 30.1 Å². The number of pyridine rings is 1. The molecular formula is C16H23N. The molecule has 0 bridgehead atoms. The van der Waals surface area contributed by atoms with Gasteiger partial charge in [-0.2, -0.15) is 0 Å². The van der Waals surface area contributed by atoms with E-state index in [9.17, 15) is 0 Å². The van der Waals surface area contributed by atoms with E-state index in [0.29, 0.717) is 0 Å². The summed E-state index contributed by atoms with van der Waals surface area (Å²) in [6.07, 6.45) is 14.1. The molecule has 0 radical (unpaired) electrons. The lowest BCUT2D eigenvalue weighted by Crippen LogP contribution is -2.24. The van der Waals surface area contributed by atoms with Crippen LogP contribution in [0.3, 0.4) is 0 Å². The molecule has 1 aromatic rings. The Morgan fingerprint density at radius 2 is 1.94 bits per heavy atom. The summed E-state index contributed by atoms with van der Waals surface area (Å²) in [4.78, 5) is 4.26. The van der Waals surface area contributed by atoms with Crippen LogP contribution < -0.4 is 0 Å². The van der Waals surface area contributed by atoms with Crippen molar-refractivity contribution in [3.8, 4) is 0 Å². The van der Waals surface area contributed by atoms with Crippen LogP contribution in [0.1, 0.15) is 63.4 Å². The van der Waals surface area contributed by atoms with E-state index in [-0.39, 0.29) is 0 Å². The Morgan fingerprint density at radius 1 is 1.18 bits per heavy atom. The average Bonchev–Trinajstić information content (AvgIpc) is 2.73. The van der Waals surface area contributed by atoms with Gasteiger partial charge in [0.2, 0.25) is 0 Å². The van der Waals surface area contributed by atoms with Crippen LogP contribution in [0.4, 0.5) is 0 Å². The molecular weight excluding hydrogens is 206 g/mol. The predicted molar refractivity (Wildman–Crippen MR) is 70.9 cm³/mol. The van der Waals surface area contributed by atoms with Gasteiger partial charge < -0.3 is 0 Å². The van der Waals surface area contributed by atoms with E-state index >= 15 is 0 Å². The minimum Gasteiger partial charge on any atom is -0.264 e. The SMILES string of the molecule is CC1CCC2(CCC(c3cccnc3)CC2)C1. The fraction of sp³-hybridized carbons (Fsp3) is 0.688. The fourth-order valence-corrected chi connectivity index (χ4v) is 4.13. The zero-order chi connectivity index (χ0) is 11.7. The van der Waals surface area contributed by atoms with Gasteiger partial charge in [0, 0.05) is 12.4 Å². The monoisotopic (exact) mass is 229 g/mol. The van der Waals surface area contributed by atoms with Crippen molar-refractivity contribution in [1.82, 2.24) is 4.98 Å². The van der Waals surface area contributed by atoms with Crippen molar-refractivity contribution in [2.45, 2.75) is 57.8 Å². The lowest BCUT2D eigenvalue weighted by Gasteiger charge is -2.37. The van der Waals surface area contributed by atoms with E-state index in [4.69, 9.17) is 0 Å². The summed E-state index contributed by atoms with van der Waals surface area (Å²) >= 11 is 0. The van der Waals surface area contributed by atoms with E-state index in [0.717, 1.165) is 17.3 Å². The quantitative estimate of drug-likeness (QED) is 0.688. The Labute approximate surface area is 105 Å².